The number of para-hydroxylation sites is 1. The first-order valence-electron chi connectivity index (χ1n) is 10.0. The Balaban J connectivity index is 1.79. The molecule has 27 heavy (non-hydrogen) atoms. The fraction of sp³-hybridized carbons (Fsp3) is 0.619. The van der Waals surface area contributed by atoms with Crippen LogP contribution < -0.4 is 5.32 Å². The maximum atomic E-state index is 13.2. The first-order valence-corrected chi connectivity index (χ1v) is 11.1. The molecule has 0 spiro atoms. The number of esters is 1. The number of carbonyl (C=O) groups excluding carboxylic acids is 2. The van der Waals surface area contributed by atoms with Crippen LogP contribution in [0.2, 0.25) is 0 Å². The second-order valence-electron chi connectivity index (χ2n) is 7.46. The highest BCUT2D eigenvalue weighted by Gasteiger charge is 2.45. The summed E-state index contributed by atoms with van der Waals surface area (Å²) in [7, 11) is 0. The molecule has 1 saturated heterocycles. The molecule has 2 fully saturated rings. The largest absolute Gasteiger partial charge is 0.464 e. The molecule has 1 aromatic rings. The molecule has 2 aliphatic rings. The molecule has 0 radical (unpaired) electrons. The monoisotopic (exact) mass is 390 g/mol. The molecule has 148 valence electrons. The van der Waals surface area contributed by atoms with Gasteiger partial charge in [0, 0.05) is 11.4 Å². The van der Waals surface area contributed by atoms with E-state index in [2.05, 4.69) is 5.32 Å². The lowest BCUT2D eigenvalue weighted by atomic mass is 9.88. The van der Waals surface area contributed by atoms with Gasteiger partial charge in [-0.25, -0.2) is 9.59 Å². The van der Waals surface area contributed by atoms with Crippen molar-refractivity contribution in [1.82, 2.24) is 4.90 Å². The standard InChI is InChI=1S/C21H30N2O3S/c1-3-13-26-20(24)18-14-27-19(16-10-5-4-6-11-16)23(18)21(25)22-17-12-8-7-9-15(17)2/h7-9,12,16,18-19H,3-6,10-11,13-14H2,1-2H3,(H,22,25)/t18-,19-/m0/s1. The zero-order valence-corrected chi connectivity index (χ0v) is 17.1. The molecule has 1 aromatic carbocycles. The van der Waals surface area contributed by atoms with Gasteiger partial charge in [-0.05, 0) is 43.7 Å². The van der Waals surface area contributed by atoms with E-state index in [4.69, 9.17) is 4.74 Å². The predicted molar refractivity (Wildman–Crippen MR) is 110 cm³/mol. The highest BCUT2D eigenvalue weighted by molar-refractivity contribution is 8.00. The lowest BCUT2D eigenvalue weighted by molar-refractivity contribution is -0.148. The smallest absolute Gasteiger partial charge is 0.329 e. The molecule has 6 heteroatoms. The number of nitrogens with zero attached hydrogens (tertiary/aromatic N) is 1. The van der Waals surface area contributed by atoms with Crippen molar-refractivity contribution in [1.29, 1.82) is 0 Å². The number of carbonyl (C=O) groups is 2. The molecule has 1 aliphatic heterocycles. The Morgan fingerprint density at radius 1 is 1.22 bits per heavy atom. The summed E-state index contributed by atoms with van der Waals surface area (Å²) in [6, 6.07) is 7.04. The van der Waals surface area contributed by atoms with Crippen molar-refractivity contribution in [3.05, 3.63) is 29.8 Å². The van der Waals surface area contributed by atoms with Crippen LogP contribution in [0.5, 0.6) is 0 Å². The van der Waals surface area contributed by atoms with Gasteiger partial charge in [0.2, 0.25) is 0 Å². The minimum absolute atomic E-state index is 0.0495. The van der Waals surface area contributed by atoms with Crippen molar-refractivity contribution in [2.24, 2.45) is 5.92 Å². The highest BCUT2D eigenvalue weighted by Crippen LogP contribution is 2.41. The van der Waals surface area contributed by atoms with Gasteiger partial charge in [-0.15, -0.1) is 11.8 Å². The van der Waals surface area contributed by atoms with Crippen molar-refractivity contribution >= 4 is 29.4 Å². The predicted octanol–water partition coefficient (Wildman–Crippen LogP) is 4.80. The molecule has 2 atom stereocenters. The first-order chi connectivity index (χ1) is 13.1. The average molecular weight is 391 g/mol. The van der Waals surface area contributed by atoms with Crippen LogP contribution in [0.1, 0.15) is 51.0 Å². The van der Waals surface area contributed by atoms with Gasteiger partial charge in [-0.1, -0.05) is 44.4 Å². The van der Waals surface area contributed by atoms with Crippen LogP contribution in [0, 0.1) is 12.8 Å². The molecule has 0 bridgehead atoms. The Hall–Kier alpha value is -1.69. The lowest BCUT2D eigenvalue weighted by Crippen LogP contribution is -2.50. The zero-order valence-electron chi connectivity index (χ0n) is 16.3. The Morgan fingerprint density at radius 2 is 1.96 bits per heavy atom. The topological polar surface area (TPSA) is 58.6 Å². The van der Waals surface area contributed by atoms with Gasteiger partial charge >= 0.3 is 12.0 Å². The Bertz CT molecular complexity index is 661. The van der Waals surface area contributed by atoms with Crippen LogP contribution in [-0.4, -0.2) is 40.7 Å². The van der Waals surface area contributed by atoms with E-state index in [1.165, 1.54) is 19.3 Å². The van der Waals surface area contributed by atoms with Gasteiger partial charge in [-0.3, -0.25) is 4.90 Å². The van der Waals surface area contributed by atoms with Crippen LogP contribution >= 0.6 is 11.8 Å². The number of thioether (sulfide) groups is 1. The maximum Gasteiger partial charge on any atom is 0.329 e. The molecule has 1 saturated carbocycles. The quantitative estimate of drug-likeness (QED) is 0.734. The van der Waals surface area contributed by atoms with Gasteiger partial charge < -0.3 is 10.1 Å². The summed E-state index contributed by atoms with van der Waals surface area (Å²) in [5.41, 5.74) is 1.81. The van der Waals surface area contributed by atoms with Gasteiger partial charge in [0.1, 0.15) is 6.04 Å². The van der Waals surface area contributed by atoms with Gasteiger partial charge in [0.25, 0.3) is 0 Å². The number of amides is 2. The molecule has 5 nitrogen and oxygen atoms in total. The Labute approximate surface area is 166 Å². The number of urea groups is 1. The molecular formula is C21H30N2O3S. The number of hydrogen-bond donors (Lipinski definition) is 1. The molecule has 0 aromatic heterocycles. The van der Waals surface area contributed by atoms with E-state index in [9.17, 15) is 9.59 Å². The SMILES string of the molecule is CCCOC(=O)[C@@H]1CS[C@@H](C2CCCCC2)N1C(=O)Nc1ccccc1C. The van der Waals surface area contributed by atoms with Crippen LogP contribution in [0.25, 0.3) is 0 Å². The van der Waals surface area contributed by atoms with Crippen molar-refractivity contribution in [3.63, 3.8) is 0 Å². The van der Waals surface area contributed by atoms with Crippen molar-refractivity contribution in [2.45, 2.75) is 63.8 Å². The summed E-state index contributed by atoms with van der Waals surface area (Å²) >= 11 is 1.73. The van der Waals surface area contributed by atoms with Gasteiger partial charge in [0.15, 0.2) is 0 Å². The summed E-state index contributed by atoms with van der Waals surface area (Å²) in [6.07, 6.45) is 6.73. The number of ether oxygens (including phenoxy) is 1. The van der Waals surface area contributed by atoms with E-state index >= 15 is 0 Å². The highest BCUT2D eigenvalue weighted by atomic mass is 32.2. The van der Waals surface area contributed by atoms with Gasteiger partial charge in [-0.2, -0.15) is 0 Å². The van der Waals surface area contributed by atoms with Crippen molar-refractivity contribution < 1.29 is 14.3 Å². The number of anilines is 1. The number of benzene rings is 1. The summed E-state index contributed by atoms with van der Waals surface area (Å²) < 4.78 is 5.39. The van der Waals surface area contributed by atoms with E-state index in [1.807, 2.05) is 38.1 Å². The molecule has 0 unspecified atom stereocenters. The van der Waals surface area contributed by atoms with Gasteiger partial charge in [0.05, 0.1) is 12.0 Å². The zero-order chi connectivity index (χ0) is 19.2. The van der Waals surface area contributed by atoms with Crippen molar-refractivity contribution in [2.75, 3.05) is 17.7 Å². The Morgan fingerprint density at radius 3 is 2.67 bits per heavy atom. The molecule has 1 heterocycles. The van der Waals surface area contributed by atoms with Crippen LogP contribution in [0.4, 0.5) is 10.5 Å². The summed E-state index contributed by atoms with van der Waals surface area (Å²) in [5.74, 6) is 0.795. The third-order valence-corrected chi connectivity index (χ3v) is 6.89. The fourth-order valence-electron chi connectivity index (χ4n) is 3.94. The van der Waals surface area contributed by atoms with Crippen LogP contribution in [0.3, 0.4) is 0 Å². The lowest BCUT2D eigenvalue weighted by Gasteiger charge is -2.35. The van der Waals surface area contributed by atoms with Crippen LogP contribution in [-0.2, 0) is 9.53 Å². The molecular weight excluding hydrogens is 360 g/mol. The first kappa shape index (κ1) is 20.1. The minimum Gasteiger partial charge on any atom is -0.464 e. The Kier molecular flexibility index (Phi) is 7.05. The number of rotatable bonds is 5. The molecule has 1 N–H and O–H groups in total. The average Bonchev–Trinajstić information content (AvgIpc) is 3.14. The summed E-state index contributed by atoms with van der Waals surface area (Å²) in [4.78, 5) is 27.6. The third-order valence-electron chi connectivity index (χ3n) is 5.43. The molecule has 2 amide bonds. The number of aryl methyl sites for hydroxylation is 1. The van der Waals surface area contributed by atoms with E-state index < -0.39 is 6.04 Å². The molecule has 1 aliphatic carbocycles. The number of hydrogen-bond acceptors (Lipinski definition) is 4. The second-order valence-corrected chi connectivity index (χ2v) is 8.61. The van der Waals surface area contributed by atoms with E-state index in [0.29, 0.717) is 18.3 Å². The van der Waals surface area contributed by atoms with E-state index in [0.717, 1.165) is 30.5 Å². The van der Waals surface area contributed by atoms with E-state index in [-0.39, 0.29) is 17.4 Å². The number of nitrogens with one attached hydrogen (secondary N) is 1. The molecule has 3 rings (SSSR count). The summed E-state index contributed by atoms with van der Waals surface area (Å²) in [6.45, 7) is 4.35. The maximum absolute atomic E-state index is 13.2. The van der Waals surface area contributed by atoms with Crippen molar-refractivity contribution in [3.8, 4) is 0 Å². The van der Waals surface area contributed by atoms with Crippen LogP contribution in [0.15, 0.2) is 24.3 Å². The summed E-state index contributed by atoms with van der Waals surface area (Å²) in [5, 5.41) is 3.08. The van der Waals surface area contributed by atoms with E-state index in [1.54, 1.807) is 16.7 Å². The second kappa shape index (κ2) is 9.49. The normalized spacial score (nSPS) is 23.3. The fourth-order valence-corrected chi connectivity index (χ4v) is 5.56. The third kappa shape index (κ3) is 4.78. The minimum atomic E-state index is -0.502.